The van der Waals surface area contributed by atoms with Crippen molar-refractivity contribution < 1.29 is 9.52 Å². The third kappa shape index (κ3) is 3.57. The zero-order chi connectivity index (χ0) is 20.8. The highest BCUT2D eigenvalue weighted by Crippen LogP contribution is 2.42. The molecule has 6 nitrogen and oxygen atoms in total. The Morgan fingerprint density at radius 1 is 1.20 bits per heavy atom. The van der Waals surface area contributed by atoms with Gasteiger partial charge in [0.25, 0.3) is 0 Å². The number of aromatic nitrogens is 3. The normalized spacial score (nSPS) is 21.3. The smallest absolute Gasteiger partial charge is 0.230 e. The van der Waals surface area contributed by atoms with Crippen molar-refractivity contribution >= 4 is 32.2 Å². The summed E-state index contributed by atoms with van der Waals surface area (Å²) in [5.41, 5.74) is 1.15. The van der Waals surface area contributed by atoms with Crippen LogP contribution >= 0.6 is 27.3 Å². The highest BCUT2D eigenvalue weighted by molar-refractivity contribution is 9.10. The summed E-state index contributed by atoms with van der Waals surface area (Å²) in [6, 6.07) is 11.9. The van der Waals surface area contributed by atoms with E-state index in [1.165, 1.54) is 22.3 Å². The van der Waals surface area contributed by atoms with Gasteiger partial charge in [-0.2, -0.15) is 9.50 Å². The second-order valence-electron chi connectivity index (χ2n) is 8.25. The molecular formula is C22H23BrN4O2S. The van der Waals surface area contributed by atoms with E-state index in [9.17, 15) is 5.11 Å². The molecule has 0 bridgehead atoms. The van der Waals surface area contributed by atoms with Crippen LogP contribution in [-0.4, -0.2) is 37.7 Å². The first kappa shape index (κ1) is 19.8. The summed E-state index contributed by atoms with van der Waals surface area (Å²) in [6.07, 6.45) is 2.83. The van der Waals surface area contributed by atoms with Gasteiger partial charge in [-0.15, -0.1) is 5.10 Å². The fraction of sp³-hybridized carbons (Fsp3) is 0.364. The summed E-state index contributed by atoms with van der Waals surface area (Å²) in [5, 5.41) is 15.7. The average Bonchev–Trinajstić information content (AvgIpc) is 3.40. The number of aromatic hydroxyl groups is 1. The molecule has 0 radical (unpaired) electrons. The van der Waals surface area contributed by atoms with Crippen molar-refractivity contribution in [3.63, 3.8) is 0 Å². The molecule has 1 N–H and O–H groups in total. The van der Waals surface area contributed by atoms with Gasteiger partial charge in [0, 0.05) is 17.6 Å². The molecule has 0 amide bonds. The van der Waals surface area contributed by atoms with Crippen molar-refractivity contribution in [2.24, 2.45) is 11.8 Å². The molecule has 1 aromatic carbocycles. The summed E-state index contributed by atoms with van der Waals surface area (Å²) in [5.74, 6) is 2.44. The van der Waals surface area contributed by atoms with Crippen molar-refractivity contribution in [3.05, 3.63) is 57.6 Å². The van der Waals surface area contributed by atoms with Gasteiger partial charge in [-0.1, -0.05) is 53.2 Å². The number of fused-ring (bicyclic) bond motifs is 1. The molecule has 4 heterocycles. The molecule has 8 heteroatoms. The minimum absolute atomic E-state index is 0.0479. The first-order valence-electron chi connectivity index (χ1n) is 10.1. The quantitative estimate of drug-likeness (QED) is 0.407. The Morgan fingerprint density at radius 2 is 2.00 bits per heavy atom. The summed E-state index contributed by atoms with van der Waals surface area (Å²) >= 11 is 5.10. The van der Waals surface area contributed by atoms with E-state index in [-0.39, 0.29) is 11.9 Å². The summed E-state index contributed by atoms with van der Waals surface area (Å²) < 4.78 is 7.97. The molecule has 1 aliphatic rings. The van der Waals surface area contributed by atoms with Gasteiger partial charge in [-0.25, -0.2) is 0 Å². The zero-order valence-electron chi connectivity index (χ0n) is 16.8. The number of likely N-dealkylation sites (tertiary alicyclic amines) is 1. The molecule has 0 aliphatic carbocycles. The van der Waals surface area contributed by atoms with Gasteiger partial charge in [0.1, 0.15) is 0 Å². The SMILES string of the molecule is C[C@@H]1C[C@H](C)CN([C@H](c2cccc(Br)c2)c2sc3nc(-c4ccco4)nn3c2O)C1. The van der Waals surface area contributed by atoms with E-state index in [1.807, 2.05) is 18.2 Å². The van der Waals surface area contributed by atoms with Gasteiger partial charge < -0.3 is 9.52 Å². The van der Waals surface area contributed by atoms with Crippen molar-refractivity contribution in [2.75, 3.05) is 13.1 Å². The van der Waals surface area contributed by atoms with Crippen LogP contribution < -0.4 is 0 Å². The van der Waals surface area contributed by atoms with Gasteiger partial charge in [0.15, 0.2) is 5.76 Å². The number of nitrogens with zero attached hydrogens (tertiary/aromatic N) is 4. The molecule has 0 unspecified atom stereocenters. The highest BCUT2D eigenvalue weighted by Gasteiger charge is 2.34. The summed E-state index contributed by atoms with van der Waals surface area (Å²) in [6.45, 7) is 6.59. The topological polar surface area (TPSA) is 66.8 Å². The number of thiazole rings is 1. The minimum atomic E-state index is -0.0479. The lowest BCUT2D eigenvalue weighted by atomic mass is 9.89. The first-order valence-corrected chi connectivity index (χ1v) is 11.7. The Morgan fingerprint density at radius 3 is 2.67 bits per heavy atom. The number of hydrogen-bond acceptors (Lipinski definition) is 6. The molecule has 30 heavy (non-hydrogen) atoms. The number of piperidine rings is 1. The standard InChI is InChI=1S/C22H23BrN4O2S/c1-13-9-14(2)12-26(11-13)18(15-5-3-6-16(23)10-15)19-21(28)27-22(30-19)24-20(25-27)17-7-4-8-29-17/h3-8,10,13-14,18,28H,9,11-12H2,1-2H3/t13-,14+,18-/m1/s1. The molecular weight excluding hydrogens is 464 g/mol. The third-order valence-corrected chi connectivity index (χ3v) is 7.18. The Balaban J connectivity index is 1.61. The number of rotatable bonds is 4. The van der Waals surface area contributed by atoms with E-state index in [0.717, 1.165) is 28.0 Å². The van der Waals surface area contributed by atoms with Crippen LogP contribution in [0.25, 0.3) is 16.5 Å². The van der Waals surface area contributed by atoms with E-state index in [2.05, 4.69) is 56.9 Å². The lowest BCUT2D eigenvalue weighted by Crippen LogP contribution is -2.41. The number of halogens is 1. The first-order chi connectivity index (χ1) is 14.5. The van der Waals surface area contributed by atoms with Gasteiger partial charge in [-0.05, 0) is 48.1 Å². The lowest BCUT2D eigenvalue weighted by Gasteiger charge is -2.40. The van der Waals surface area contributed by atoms with Crippen molar-refractivity contribution in [1.29, 1.82) is 0 Å². The summed E-state index contributed by atoms with van der Waals surface area (Å²) in [4.78, 5) is 8.61. The fourth-order valence-corrected chi connectivity index (χ4v) is 6.10. The van der Waals surface area contributed by atoms with Crippen LogP contribution in [0.4, 0.5) is 0 Å². The van der Waals surface area contributed by atoms with Crippen molar-refractivity contribution in [2.45, 2.75) is 26.3 Å². The Hall–Kier alpha value is -2.16. The van der Waals surface area contributed by atoms with Crippen LogP contribution in [0.5, 0.6) is 5.88 Å². The Kier molecular flexibility index (Phi) is 5.16. The average molecular weight is 487 g/mol. The van der Waals surface area contributed by atoms with Crippen molar-refractivity contribution in [3.8, 4) is 17.5 Å². The van der Waals surface area contributed by atoms with Crippen LogP contribution in [0.15, 0.2) is 51.6 Å². The maximum atomic E-state index is 11.2. The van der Waals surface area contributed by atoms with Crippen LogP contribution in [0, 0.1) is 11.8 Å². The van der Waals surface area contributed by atoms with E-state index < -0.39 is 0 Å². The third-order valence-electron chi connectivity index (χ3n) is 5.62. The van der Waals surface area contributed by atoms with Gasteiger partial charge in [0.05, 0.1) is 17.2 Å². The minimum Gasteiger partial charge on any atom is -0.492 e. The van der Waals surface area contributed by atoms with Gasteiger partial charge in [0.2, 0.25) is 16.7 Å². The molecule has 156 valence electrons. The second-order valence-corrected chi connectivity index (χ2v) is 10.2. The van der Waals surface area contributed by atoms with Crippen LogP contribution in [0.1, 0.15) is 36.8 Å². The highest BCUT2D eigenvalue weighted by atomic mass is 79.9. The molecule has 4 aromatic rings. The number of hydrogen-bond donors (Lipinski definition) is 1. The zero-order valence-corrected chi connectivity index (χ0v) is 19.2. The van der Waals surface area contributed by atoms with Gasteiger partial charge in [-0.3, -0.25) is 4.90 Å². The fourth-order valence-electron chi connectivity index (χ4n) is 4.57. The predicted octanol–water partition coefficient (Wildman–Crippen LogP) is 5.59. The lowest BCUT2D eigenvalue weighted by molar-refractivity contribution is 0.112. The van der Waals surface area contributed by atoms with Crippen LogP contribution in [0.3, 0.4) is 0 Å². The molecule has 1 aliphatic heterocycles. The largest absolute Gasteiger partial charge is 0.492 e. The number of furan rings is 1. The molecule has 5 rings (SSSR count). The monoisotopic (exact) mass is 486 g/mol. The van der Waals surface area contributed by atoms with Crippen molar-refractivity contribution in [1.82, 2.24) is 19.5 Å². The van der Waals surface area contributed by atoms with E-state index >= 15 is 0 Å². The van der Waals surface area contributed by atoms with E-state index in [1.54, 1.807) is 12.3 Å². The second kappa shape index (κ2) is 7.83. The molecule has 3 aromatic heterocycles. The molecule has 3 atom stereocenters. The maximum Gasteiger partial charge on any atom is 0.230 e. The molecule has 0 spiro atoms. The van der Waals surface area contributed by atoms with Gasteiger partial charge >= 0.3 is 0 Å². The molecule has 0 saturated carbocycles. The molecule has 1 fully saturated rings. The van der Waals surface area contributed by atoms with E-state index in [4.69, 9.17) is 4.42 Å². The number of benzene rings is 1. The van der Waals surface area contributed by atoms with Crippen LogP contribution in [-0.2, 0) is 0 Å². The molecule has 1 saturated heterocycles. The Labute approximate surface area is 187 Å². The van der Waals surface area contributed by atoms with E-state index in [0.29, 0.717) is 28.4 Å². The predicted molar refractivity (Wildman–Crippen MR) is 121 cm³/mol. The van der Waals surface area contributed by atoms with Crippen LogP contribution in [0.2, 0.25) is 0 Å². The maximum absolute atomic E-state index is 11.2. The Bertz CT molecular complexity index is 1160. The summed E-state index contributed by atoms with van der Waals surface area (Å²) in [7, 11) is 0.